The van der Waals surface area contributed by atoms with Gasteiger partial charge < -0.3 is 0 Å². The number of anilines is 2. The standard InChI is InChI=1S/C18H20BrClFN5O/c1-18(2,3)11-26(15-14(19)10-22-16(20)23-15)25-9-8-24(17(25)27)13-6-4-12(21)5-7-13/h4-7,10H,8-9,11H2,1-3H3. The molecule has 2 amide bonds. The Kier molecular flexibility index (Phi) is 5.58. The molecular weight excluding hydrogens is 437 g/mol. The highest BCUT2D eigenvalue weighted by atomic mass is 79.9. The first kappa shape index (κ1) is 19.8. The van der Waals surface area contributed by atoms with E-state index in [0.29, 0.717) is 35.6 Å². The summed E-state index contributed by atoms with van der Waals surface area (Å²) in [7, 11) is 0. The Morgan fingerprint density at radius 3 is 2.56 bits per heavy atom. The molecule has 6 nitrogen and oxygen atoms in total. The number of amides is 2. The Balaban J connectivity index is 1.94. The number of rotatable bonds is 4. The lowest BCUT2D eigenvalue weighted by Gasteiger charge is -2.37. The first-order valence-corrected chi connectivity index (χ1v) is 9.63. The van der Waals surface area contributed by atoms with Gasteiger partial charge in [-0.2, -0.15) is 4.98 Å². The van der Waals surface area contributed by atoms with E-state index in [1.165, 1.54) is 12.1 Å². The second kappa shape index (κ2) is 7.59. The van der Waals surface area contributed by atoms with Gasteiger partial charge in [-0.1, -0.05) is 20.8 Å². The maximum Gasteiger partial charge on any atom is 0.343 e. The van der Waals surface area contributed by atoms with Crippen molar-refractivity contribution in [3.05, 3.63) is 46.0 Å². The predicted molar refractivity (Wildman–Crippen MR) is 107 cm³/mol. The lowest BCUT2D eigenvalue weighted by molar-refractivity contribution is 0.207. The van der Waals surface area contributed by atoms with Crippen LogP contribution in [-0.2, 0) is 0 Å². The summed E-state index contributed by atoms with van der Waals surface area (Å²) in [6.07, 6.45) is 1.57. The molecule has 0 spiro atoms. The van der Waals surface area contributed by atoms with Gasteiger partial charge in [-0.25, -0.2) is 19.2 Å². The highest BCUT2D eigenvalue weighted by molar-refractivity contribution is 9.10. The van der Waals surface area contributed by atoms with Gasteiger partial charge in [0.05, 0.1) is 11.0 Å². The SMILES string of the molecule is CC(C)(C)CN(c1nc(Cl)ncc1Br)N1CCN(c2ccc(F)cc2)C1=O. The summed E-state index contributed by atoms with van der Waals surface area (Å²) in [4.78, 5) is 23.0. The molecular formula is C18H20BrClFN5O. The highest BCUT2D eigenvalue weighted by Gasteiger charge is 2.36. The van der Waals surface area contributed by atoms with Gasteiger partial charge in [-0.05, 0) is 57.2 Å². The third kappa shape index (κ3) is 4.50. The van der Waals surface area contributed by atoms with E-state index < -0.39 is 0 Å². The van der Waals surface area contributed by atoms with Gasteiger partial charge in [0.1, 0.15) is 5.82 Å². The number of nitrogens with zero attached hydrogens (tertiary/aromatic N) is 5. The van der Waals surface area contributed by atoms with Gasteiger partial charge in [0.25, 0.3) is 0 Å². The lowest BCUT2D eigenvalue weighted by atomic mass is 9.96. The molecule has 2 heterocycles. The summed E-state index contributed by atoms with van der Waals surface area (Å²) in [6, 6.07) is 5.69. The number of urea groups is 1. The van der Waals surface area contributed by atoms with Crippen molar-refractivity contribution in [3.63, 3.8) is 0 Å². The van der Waals surface area contributed by atoms with Crippen LogP contribution in [0.1, 0.15) is 20.8 Å². The van der Waals surface area contributed by atoms with Gasteiger partial charge in [0, 0.05) is 25.0 Å². The van der Waals surface area contributed by atoms with Crippen LogP contribution >= 0.6 is 27.5 Å². The van der Waals surface area contributed by atoms with E-state index in [1.807, 2.05) is 5.01 Å². The molecule has 9 heteroatoms. The molecule has 1 aromatic carbocycles. The molecule has 1 aromatic heterocycles. The van der Waals surface area contributed by atoms with E-state index in [-0.39, 0.29) is 22.5 Å². The Hall–Kier alpha value is -1.93. The van der Waals surface area contributed by atoms with Crippen LogP contribution in [0.25, 0.3) is 0 Å². The van der Waals surface area contributed by atoms with Crippen LogP contribution in [0.4, 0.5) is 20.7 Å². The van der Waals surface area contributed by atoms with Crippen molar-refractivity contribution in [2.45, 2.75) is 20.8 Å². The molecule has 1 saturated heterocycles. The van der Waals surface area contributed by atoms with Gasteiger partial charge in [-0.3, -0.25) is 9.91 Å². The zero-order valence-corrected chi connectivity index (χ0v) is 17.6. The highest BCUT2D eigenvalue weighted by Crippen LogP contribution is 2.31. The monoisotopic (exact) mass is 455 g/mol. The molecule has 2 aromatic rings. The second-order valence-corrected chi connectivity index (χ2v) is 8.66. The molecule has 1 aliphatic heterocycles. The molecule has 27 heavy (non-hydrogen) atoms. The second-order valence-electron chi connectivity index (χ2n) is 7.46. The van der Waals surface area contributed by atoms with Crippen LogP contribution in [0, 0.1) is 11.2 Å². The van der Waals surface area contributed by atoms with Gasteiger partial charge >= 0.3 is 6.03 Å². The van der Waals surface area contributed by atoms with Crippen LogP contribution < -0.4 is 9.91 Å². The maximum absolute atomic E-state index is 13.2. The fourth-order valence-corrected chi connectivity index (χ4v) is 3.38. The third-order valence-corrected chi connectivity index (χ3v) is 4.72. The summed E-state index contributed by atoms with van der Waals surface area (Å²) in [5.74, 6) is 0.190. The largest absolute Gasteiger partial charge is 0.343 e. The average molecular weight is 457 g/mol. The third-order valence-electron chi connectivity index (χ3n) is 3.98. The van der Waals surface area contributed by atoms with Crippen molar-refractivity contribution in [2.75, 3.05) is 29.5 Å². The van der Waals surface area contributed by atoms with E-state index in [1.54, 1.807) is 28.2 Å². The van der Waals surface area contributed by atoms with Crippen molar-refractivity contribution < 1.29 is 9.18 Å². The molecule has 3 rings (SSSR count). The molecule has 0 atom stereocenters. The van der Waals surface area contributed by atoms with Crippen molar-refractivity contribution in [2.24, 2.45) is 5.41 Å². The molecule has 0 N–H and O–H groups in total. The molecule has 1 fully saturated rings. The fourth-order valence-electron chi connectivity index (χ4n) is 2.85. The summed E-state index contributed by atoms with van der Waals surface area (Å²) < 4.78 is 13.9. The number of carbonyl (C=O) groups excluding carboxylic acids is 1. The number of hydrogen-bond donors (Lipinski definition) is 0. The number of halogens is 3. The Bertz CT molecular complexity index is 843. The average Bonchev–Trinajstić information content (AvgIpc) is 2.96. The zero-order chi connectivity index (χ0) is 19.8. The van der Waals surface area contributed by atoms with E-state index in [9.17, 15) is 9.18 Å². The first-order chi connectivity index (χ1) is 12.7. The van der Waals surface area contributed by atoms with Crippen LogP contribution in [-0.4, -0.2) is 40.6 Å². The summed E-state index contributed by atoms with van der Waals surface area (Å²) in [5.41, 5.74) is 0.542. The lowest BCUT2D eigenvalue weighted by Crippen LogP contribution is -2.49. The minimum Gasteiger partial charge on any atom is -0.291 e. The van der Waals surface area contributed by atoms with E-state index >= 15 is 0 Å². The number of hydrazine groups is 1. The fraction of sp³-hybridized carbons (Fsp3) is 0.389. The van der Waals surface area contributed by atoms with E-state index in [0.717, 1.165) is 0 Å². The van der Waals surface area contributed by atoms with Crippen LogP contribution in [0.2, 0.25) is 5.28 Å². The number of hydrogen-bond acceptors (Lipinski definition) is 4. The summed E-state index contributed by atoms with van der Waals surface area (Å²) in [6.45, 7) is 7.74. The summed E-state index contributed by atoms with van der Waals surface area (Å²) >= 11 is 9.45. The van der Waals surface area contributed by atoms with Crippen molar-refractivity contribution in [1.29, 1.82) is 0 Å². The quantitative estimate of drug-likeness (QED) is 0.624. The van der Waals surface area contributed by atoms with Crippen molar-refractivity contribution in [1.82, 2.24) is 15.0 Å². The normalized spacial score (nSPS) is 14.8. The minimum atomic E-state index is -0.337. The van der Waals surface area contributed by atoms with Gasteiger partial charge in [0.15, 0.2) is 5.82 Å². The smallest absolute Gasteiger partial charge is 0.291 e. The minimum absolute atomic E-state index is 0.106. The van der Waals surface area contributed by atoms with E-state index in [4.69, 9.17) is 11.6 Å². The topological polar surface area (TPSA) is 52.6 Å². The van der Waals surface area contributed by atoms with Gasteiger partial charge in [-0.15, -0.1) is 0 Å². The number of carbonyl (C=O) groups is 1. The zero-order valence-electron chi connectivity index (χ0n) is 15.3. The maximum atomic E-state index is 13.2. The predicted octanol–water partition coefficient (Wildman–Crippen LogP) is 4.74. The molecule has 0 aliphatic carbocycles. The number of aromatic nitrogens is 2. The van der Waals surface area contributed by atoms with Crippen molar-refractivity contribution >= 4 is 45.1 Å². The summed E-state index contributed by atoms with van der Waals surface area (Å²) in [5, 5.41) is 3.57. The van der Waals surface area contributed by atoms with Crippen LogP contribution in [0.3, 0.4) is 0 Å². The first-order valence-electron chi connectivity index (χ1n) is 8.46. The van der Waals surface area contributed by atoms with Crippen LogP contribution in [0.5, 0.6) is 0 Å². The van der Waals surface area contributed by atoms with Gasteiger partial charge in [0.2, 0.25) is 5.28 Å². The van der Waals surface area contributed by atoms with Crippen molar-refractivity contribution in [3.8, 4) is 0 Å². The molecule has 0 bridgehead atoms. The molecule has 0 radical (unpaired) electrons. The molecule has 0 unspecified atom stereocenters. The number of benzene rings is 1. The molecule has 144 valence electrons. The molecule has 1 aliphatic rings. The van der Waals surface area contributed by atoms with Crippen LogP contribution in [0.15, 0.2) is 34.9 Å². The van der Waals surface area contributed by atoms with E-state index in [2.05, 4.69) is 46.7 Å². The Morgan fingerprint density at radius 2 is 1.93 bits per heavy atom. The Morgan fingerprint density at radius 1 is 1.26 bits per heavy atom. The Labute approximate surface area is 171 Å². The molecule has 0 saturated carbocycles.